The number of hydrogen-bond acceptors (Lipinski definition) is 5. The molecule has 1 saturated carbocycles. The number of H-pyrrole nitrogens is 1. The third-order valence-corrected chi connectivity index (χ3v) is 3.93. The van der Waals surface area contributed by atoms with E-state index in [0.29, 0.717) is 12.5 Å². The Bertz CT molecular complexity index is 547. The van der Waals surface area contributed by atoms with Crippen LogP contribution in [0, 0.1) is 12.8 Å². The van der Waals surface area contributed by atoms with E-state index >= 15 is 0 Å². The second-order valence-corrected chi connectivity index (χ2v) is 6.51. The lowest BCUT2D eigenvalue weighted by molar-refractivity contribution is 0.0474. The highest BCUT2D eigenvalue weighted by molar-refractivity contribution is 8.13. The molecular formula is C9H11ClN2O4S. The van der Waals surface area contributed by atoms with Gasteiger partial charge in [-0.3, -0.25) is 5.10 Å². The summed E-state index contributed by atoms with van der Waals surface area (Å²) in [6.07, 6.45) is 2.07. The third-order valence-electron chi connectivity index (χ3n) is 2.48. The van der Waals surface area contributed by atoms with Crippen molar-refractivity contribution in [3.05, 3.63) is 11.4 Å². The molecule has 0 atom stereocenters. The van der Waals surface area contributed by atoms with Crippen LogP contribution in [0.15, 0.2) is 4.90 Å². The maximum atomic E-state index is 11.6. The number of aromatic nitrogens is 2. The summed E-state index contributed by atoms with van der Waals surface area (Å²) in [4.78, 5) is 11.3. The van der Waals surface area contributed by atoms with Crippen molar-refractivity contribution < 1.29 is 17.9 Å². The monoisotopic (exact) mass is 278 g/mol. The van der Waals surface area contributed by atoms with E-state index in [2.05, 4.69) is 10.2 Å². The summed E-state index contributed by atoms with van der Waals surface area (Å²) in [5, 5.41) is 6.03. The number of ether oxygens (including phenoxy) is 1. The van der Waals surface area contributed by atoms with Gasteiger partial charge in [0, 0.05) is 10.7 Å². The molecule has 94 valence electrons. The number of carbonyl (C=O) groups is 1. The number of hydrogen-bond donors (Lipinski definition) is 1. The molecule has 1 aliphatic carbocycles. The molecule has 0 aliphatic heterocycles. The first-order chi connectivity index (χ1) is 7.89. The largest absolute Gasteiger partial charge is 0.461 e. The van der Waals surface area contributed by atoms with Crippen molar-refractivity contribution in [2.75, 3.05) is 6.61 Å². The summed E-state index contributed by atoms with van der Waals surface area (Å²) >= 11 is 0. The maximum Gasteiger partial charge on any atom is 0.360 e. The van der Waals surface area contributed by atoms with Crippen molar-refractivity contribution in [2.24, 2.45) is 5.92 Å². The fraction of sp³-hybridized carbons (Fsp3) is 0.556. The van der Waals surface area contributed by atoms with Gasteiger partial charge in [-0.25, -0.2) is 13.2 Å². The van der Waals surface area contributed by atoms with Crippen LogP contribution in [-0.2, 0) is 13.8 Å². The highest BCUT2D eigenvalue weighted by Gasteiger charge is 2.29. The second kappa shape index (κ2) is 4.30. The zero-order chi connectivity index (χ0) is 12.6. The Balaban J connectivity index is 2.22. The van der Waals surface area contributed by atoms with Crippen molar-refractivity contribution in [3.63, 3.8) is 0 Å². The summed E-state index contributed by atoms with van der Waals surface area (Å²) in [5.74, 6) is -0.365. The lowest BCUT2D eigenvalue weighted by Crippen LogP contribution is -2.11. The smallest absolute Gasteiger partial charge is 0.360 e. The minimum atomic E-state index is -4.01. The molecule has 1 fully saturated rings. The van der Waals surface area contributed by atoms with E-state index in [1.54, 1.807) is 0 Å². The van der Waals surface area contributed by atoms with E-state index in [4.69, 9.17) is 15.4 Å². The summed E-state index contributed by atoms with van der Waals surface area (Å²) < 4.78 is 27.5. The minimum Gasteiger partial charge on any atom is -0.461 e. The molecule has 0 saturated heterocycles. The van der Waals surface area contributed by atoms with Gasteiger partial charge in [-0.1, -0.05) is 0 Å². The molecule has 2 rings (SSSR count). The summed E-state index contributed by atoms with van der Waals surface area (Å²) in [6, 6.07) is 0. The number of esters is 1. The second-order valence-electron chi connectivity index (χ2n) is 4.01. The molecule has 0 bridgehead atoms. The fourth-order valence-electron chi connectivity index (χ4n) is 1.40. The highest BCUT2D eigenvalue weighted by atomic mass is 35.7. The van der Waals surface area contributed by atoms with Crippen LogP contribution in [0.4, 0.5) is 0 Å². The highest BCUT2D eigenvalue weighted by Crippen LogP contribution is 2.29. The van der Waals surface area contributed by atoms with Gasteiger partial charge < -0.3 is 4.74 Å². The number of aromatic amines is 1. The molecule has 0 unspecified atom stereocenters. The number of carbonyl (C=O) groups excluding carboxylic acids is 1. The lowest BCUT2D eigenvalue weighted by Gasteiger charge is -2.02. The quantitative estimate of drug-likeness (QED) is 0.660. The van der Waals surface area contributed by atoms with Gasteiger partial charge in [-0.05, 0) is 25.7 Å². The molecule has 1 aromatic heterocycles. The van der Waals surface area contributed by atoms with E-state index in [1.807, 2.05) is 0 Å². The number of halogens is 1. The number of nitrogens with one attached hydrogen (secondary N) is 1. The average molecular weight is 279 g/mol. The Morgan fingerprint density at radius 2 is 2.24 bits per heavy atom. The molecule has 6 nitrogen and oxygen atoms in total. The van der Waals surface area contributed by atoms with E-state index in [0.717, 1.165) is 12.8 Å². The van der Waals surface area contributed by atoms with Gasteiger partial charge in [-0.2, -0.15) is 5.10 Å². The van der Waals surface area contributed by atoms with Gasteiger partial charge >= 0.3 is 5.97 Å². The first-order valence-corrected chi connectivity index (χ1v) is 7.37. The van der Waals surface area contributed by atoms with Gasteiger partial charge in [-0.15, -0.1) is 0 Å². The first-order valence-electron chi connectivity index (χ1n) is 5.06. The average Bonchev–Trinajstić information content (AvgIpc) is 2.95. The molecule has 0 radical (unpaired) electrons. The molecule has 1 aliphatic rings. The van der Waals surface area contributed by atoms with Crippen LogP contribution in [-0.4, -0.2) is 31.2 Å². The standard InChI is InChI=1S/C9H11ClN2O4S/c1-5-8(17(10,14)15)7(12-11-5)9(13)16-4-6-2-3-6/h6H,2-4H2,1H3,(H,11,12). The van der Waals surface area contributed by atoms with Crippen molar-refractivity contribution in [1.29, 1.82) is 0 Å². The topological polar surface area (TPSA) is 89.1 Å². The molecule has 1 N–H and O–H groups in total. The van der Waals surface area contributed by atoms with Crippen LogP contribution >= 0.6 is 10.7 Å². The molecule has 0 aromatic carbocycles. The van der Waals surface area contributed by atoms with Crippen molar-refractivity contribution in [2.45, 2.75) is 24.7 Å². The summed E-state index contributed by atoms with van der Waals surface area (Å²) in [7, 11) is 1.22. The molecule has 0 amide bonds. The van der Waals surface area contributed by atoms with Gasteiger partial charge in [0.1, 0.15) is 4.90 Å². The number of rotatable bonds is 4. The van der Waals surface area contributed by atoms with Crippen molar-refractivity contribution in [3.8, 4) is 0 Å². The van der Waals surface area contributed by atoms with Crippen molar-refractivity contribution in [1.82, 2.24) is 10.2 Å². The van der Waals surface area contributed by atoms with Crippen LogP contribution in [0.1, 0.15) is 29.0 Å². The lowest BCUT2D eigenvalue weighted by atomic mass is 10.3. The Kier molecular flexibility index (Phi) is 3.13. The fourth-order valence-corrected chi connectivity index (χ4v) is 2.74. The zero-order valence-electron chi connectivity index (χ0n) is 9.07. The third kappa shape index (κ3) is 2.78. The Hall–Kier alpha value is -1.08. The van der Waals surface area contributed by atoms with E-state index < -0.39 is 15.0 Å². The van der Waals surface area contributed by atoms with E-state index in [-0.39, 0.29) is 16.3 Å². The Morgan fingerprint density at radius 3 is 2.76 bits per heavy atom. The molecule has 8 heteroatoms. The van der Waals surface area contributed by atoms with E-state index in [9.17, 15) is 13.2 Å². The van der Waals surface area contributed by atoms with Gasteiger partial charge in [0.25, 0.3) is 9.05 Å². The van der Waals surface area contributed by atoms with Crippen molar-refractivity contribution >= 4 is 25.7 Å². The van der Waals surface area contributed by atoms with Crippen LogP contribution in [0.3, 0.4) is 0 Å². The maximum absolute atomic E-state index is 11.6. The zero-order valence-corrected chi connectivity index (χ0v) is 10.6. The van der Waals surface area contributed by atoms with Crippen LogP contribution in [0.5, 0.6) is 0 Å². The molecular weight excluding hydrogens is 268 g/mol. The molecule has 0 spiro atoms. The molecule has 1 heterocycles. The SMILES string of the molecule is Cc1[nH]nc(C(=O)OCC2CC2)c1S(=O)(=O)Cl. The van der Waals surface area contributed by atoms with Crippen LogP contribution in [0.2, 0.25) is 0 Å². The van der Waals surface area contributed by atoms with Gasteiger partial charge in [0.2, 0.25) is 0 Å². The van der Waals surface area contributed by atoms with E-state index in [1.165, 1.54) is 6.92 Å². The van der Waals surface area contributed by atoms with Gasteiger partial charge in [0.05, 0.1) is 12.3 Å². The number of nitrogens with zero attached hydrogens (tertiary/aromatic N) is 1. The predicted octanol–water partition coefficient (Wildman–Crippen LogP) is 1.21. The van der Waals surface area contributed by atoms with Gasteiger partial charge in [0.15, 0.2) is 5.69 Å². The summed E-state index contributed by atoms with van der Waals surface area (Å²) in [6.45, 7) is 1.77. The van der Waals surface area contributed by atoms with Crippen LogP contribution < -0.4 is 0 Å². The number of aryl methyl sites for hydroxylation is 1. The summed E-state index contributed by atoms with van der Waals surface area (Å²) in [5.41, 5.74) is -0.0588. The van der Waals surface area contributed by atoms with Crippen LogP contribution in [0.25, 0.3) is 0 Å². The molecule has 1 aromatic rings. The first kappa shape index (κ1) is 12.4. The normalized spacial score (nSPS) is 15.9. The minimum absolute atomic E-state index is 0.221. The Labute approximate surface area is 103 Å². The Morgan fingerprint density at radius 1 is 1.59 bits per heavy atom. The molecule has 17 heavy (non-hydrogen) atoms. The predicted molar refractivity (Wildman–Crippen MR) is 59.4 cm³/mol.